The van der Waals surface area contributed by atoms with Gasteiger partial charge in [0.25, 0.3) is 20.2 Å². The second kappa shape index (κ2) is 14.6. The van der Waals surface area contributed by atoms with Crippen LogP contribution in [0, 0.1) is 0 Å². The number of benzene rings is 2. The van der Waals surface area contributed by atoms with Crippen LogP contribution in [-0.4, -0.2) is 28.0 Å². The molecule has 0 spiro atoms. The Hall–Kier alpha value is -1.74. The summed E-state index contributed by atoms with van der Waals surface area (Å²) in [6.07, 6.45) is 11.1. The van der Waals surface area contributed by atoms with Crippen LogP contribution in [-0.2, 0) is 24.4 Å². The van der Waals surface area contributed by atoms with Crippen molar-refractivity contribution in [3.05, 3.63) is 71.8 Å². The smallest absolute Gasteiger partial charge is 0.276 e. The third kappa shape index (κ3) is 9.49. The Bertz CT molecular complexity index is 1020. The maximum Gasteiger partial charge on any atom is 0.276 e. The number of hydrogen-bond acceptors (Lipinski definition) is 5. The van der Waals surface area contributed by atoms with Crippen LogP contribution in [0.3, 0.4) is 0 Å². The predicted octanol–water partition coefficient (Wildman–Crippen LogP) is 6.62. The topological polar surface area (TPSA) is 97.7 Å². The molecule has 34 heavy (non-hydrogen) atoms. The van der Waals surface area contributed by atoms with Gasteiger partial charge in [-0.3, -0.25) is 8.74 Å². The van der Waals surface area contributed by atoms with Crippen molar-refractivity contribution in [1.82, 2.24) is 0 Å². The molecule has 0 aliphatic heterocycles. The summed E-state index contributed by atoms with van der Waals surface area (Å²) in [6, 6.07) is 15.9. The van der Waals surface area contributed by atoms with E-state index < -0.39 is 30.7 Å². The second-order valence-electron chi connectivity index (χ2n) is 8.67. The molecule has 0 aliphatic carbocycles. The van der Waals surface area contributed by atoms with Crippen molar-refractivity contribution in [2.45, 2.75) is 81.6 Å². The lowest BCUT2D eigenvalue weighted by molar-refractivity contribution is 0.298. The summed E-state index contributed by atoms with van der Waals surface area (Å²) in [7, 11) is -9.12. The van der Waals surface area contributed by atoms with Crippen LogP contribution in [0.4, 0.5) is 0 Å². The van der Waals surface area contributed by atoms with Crippen LogP contribution in [0.2, 0.25) is 0 Å². The molecule has 6 nitrogen and oxygen atoms in total. The van der Waals surface area contributed by atoms with E-state index in [9.17, 15) is 21.4 Å². The Labute approximate surface area is 205 Å². The molecule has 1 N–H and O–H groups in total. The molecule has 0 heterocycles. The van der Waals surface area contributed by atoms with Gasteiger partial charge < -0.3 is 0 Å². The zero-order valence-corrected chi connectivity index (χ0v) is 21.6. The van der Waals surface area contributed by atoms with E-state index in [0.29, 0.717) is 6.42 Å². The summed E-state index contributed by atoms with van der Waals surface area (Å²) in [5.74, 6) is 0. The molecular weight excluding hydrogens is 472 g/mol. The molecule has 2 unspecified atom stereocenters. The number of hydrogen-bond donors (Lipinski definition) is 1. The van der Waals surface area contributed by atoms with E-state index in [1.807, 2.05) is 0 Å². The molecule has 0 fully saturated rings. The Balaban J connectivity index is 2.03. The molecule has 0 saturated heterocycles. The van der Waals surface area contributed by atoms with Crippen LogP contribution < -0.4 is 0 Å². The van der Waals surface area contributed by atoms with Crippen molar-refractivity contribution in [3.8, 4) is 0 Å². The largest absolute Gasteiger partial charge is 0.285 e. The molecule has 2 atom stereocenters. The maximum atomic E-state index is 13.3. The monoisotopic (exact) mass is 510 g/mol. The normalized spacial score (nSPS) is 14.1. The predicted molar refractivity (Wildman–Crippen MR) is 137 cm³/mol. The molecule has 2 aromatic rings. The van der Waals surface area contributed by atoms with Crippen molar-refractivity contribution in [1.29, 1.82) is 0 Å². The fourth-order valence-electron chi connectivity index (χ4n) is 4.12. The summed E-state index contributed by atoms with van der Waals surface area (Å²) in [5, 5.41) is -3.29. The summed E-state index contributed by atoms with van der Waals surface area (Å²) in [5.41, 5.74) is 0.432. The summed E-state index contributed by atoms with van der Waals surface area (Å²) in [4.78, 5) is 0. The van der Waals surface area contributed by atoms with E-state index in [-0.39, 0.29) is 17.7 Å². The minimum absolute atomic E-state index is 0.0187. The first-order chi connectivity index (χ1) is 16.3. The number of rotatable bonds is 17. The third-order valence-corrected chi connectivity index (χ3v) is 8.93. The molecule has 2 rings (SSSR count). The van der Waals surface area contributed by atoms with E-state index in [2.05, 4.69) is 6.92 Å². The van der Waals surface area contributed by atoms with E-state index >= 15 is 0 Å². The average molecular weight is 511 g/mol. The first-order valence-corrected chi connectivity index (χ1v) is 15.2. The maximum absolute atomic E-state index is 13.3. The molecule has 8 heteroatoms. The van der Waals surface area contributed by atoms with E-state index in [1.165, 1.54) is 62.8 Å². The number of unbranched alkanes of at least 4 members (excludes halogenated alkanes) is 9. The van der Waals surface area contributed by atoms with Crippen molar-refractivity contribution < 1.29 is 25.6 Å². The SMILES string of the molecule is CCCCCCCCCCCCOS(=O)(=O)C(c1ccccc1)C(c1ccccc1)S(=O)(=O)O. The molecule has 0 aromatic heterocycles. The quantitative estimate of drug-likeness (QED) is 0.146. The zero-order chi connectivity index (χ0) is 24.9. The lowest BCUT2D eigenvalue weighted by atomic mass is 10.0. The Morgan fingerprint density at radius 3 is 1.50 bits per heavy atom. The van der Waals surface area contributed by atoms with Gasteiger partial charge in [-0.1, -0.05) is 125 Å². The molecule has 190 valence electrons. The third-order valence-electron chi connectivity index (χ3n) is 5.91. The van der Waals surface area contributed by atoms with Crippen molar-refractivity contribution in [3.63, 3.8) is 0 Å². The highest BCUT2D eigenvalue weighted by molar-refractivity contribution is 7.90. The molecule has 0 aliphatic rings. The van der Waals surface area contributed by atoms with Gasteiger partial charge in [-0.15, -0.1) is 0 Å². The van der Waals surface area contributed by atoms with Crippen molar-refractivity contribution in [2.75, 3.05) is 6.61 Å². The lowest BCUT2D eigenvalue weighted by Gasteiger charge is -2.25. The fourth-order valence-corrected chi connectivity index (χ4v) is 7.37. The van der Waals surface area contributed by atoms with Gasteiger partial charge in [0.05, 0.1) is 6.61 Å². The molecule has 0 saturated carbocycles. The van der Waals surface area contributed by atoms with Gasteiger partial charge in [0.15, 0.2) is 0 Å². The van der Waals surface area contributed by atoms with Crippen LogP contribution >= 0.6 is 0 Å². The standard InChI is InChI=1S/C26H38O6S2/c1-2-3-4-5-6-7-8-9-10-17-22-32-34(30,31)26(24-20-15-12-16-21-24)25(33(27,28)29)23-18-13-11-14-19-23/h11-16,18-21,25-26H,2-10,17,22H2,1H3,(H,27,28,29). The minimum atomic E-state index is -4.76. The van der Waals surface area contributed by atoms with Gasteiger partial charge >= 0.3 is 0 Å². The molecule has 2 aromatic carbocycles. The van der Waals surface area contributed by atoms with Gasteiger partial charge in [-0.05, 0) is 17.5 Å². The van der Waals surface area contributed by atoms with Crippen LogP contribution in [0.15, 0.2) is 60.7 Å². The van der Waals surface area contributed by atoms with Crippen LogP contribution in [0.1, 0.15) is 92.8 Å². The highest BCUT2D eigenvalue weighted by atomic mass is 32.2. The van der Waals surface area contributed by atoms with E-state index in [0.717, 1.165) is 19.3 Å². The summed E-state index contributed by atoms with van der Waals surface area (Å²) < 4.78 is 66.6. The second-order valence-corrected chi connectivity index (χ2v) is 11.9. The molecule has 0 bridgehead atoms. The fraction of sp³-hybridized carbons (Fsp3) is 0.538. The van der Waals surface area contributed by atoms with Crippen molar-refractivity contribution >= 4 is 20.2 Å². The summed E-state index contributed by atoms with van der Waals surface area (Å²) in [6.45, 7) is 2.18. The molecule has 0 amide bonds. The first-order valence-electron chi connectivity index (χ1n) is 12.2. The van der Waals surface area contributed by atoms with Gasteiger partial charge in [-0.2, -0.15) is 16.8 Å². The minimum Gasteiger partial charge on any atom is -0.285 e. The lowest BCUT2D eigenvalue weighted by Crippen LogP contribution is -2.28. The van der Waals surface area contributed by atoms with Gasteiger partial charge in [0, 0.05) is 0 Å². The zero-order valence-electron chi connectivity index (χ0n) is 20.0. The van der Waals surface area contributed by atoms with Gasteiger partial charge in [-0.25, -0.2) is 0 Å². The first kappa shape index (κ1) is 28.5. The Morgan fingerprint density at radius 2 is 1.06 bits per heavy atom. The van der Waals surface area contributed by atoms with E-state index in [1.54, 1.807) is 36.4 Å². The van der Waals surface area contributed by atoms with Gasteiger partial charge in [0.1, 0.15) is 10.5 Å². The average Bonchev–Trinajstić information content (AvgIpc) is 2.81. The highest BCUT2D eigenvalue weighted by Crippen LogP contribution is 2.41. The Morgan fingerprint density at radius 1 is 0.647 bits per heavy atom. The van der Waals surface area contributed by atoms with Crippen LogP contribution in [0.25, 0.3) is 0 Å². The molecular formula is C26H38O6S2. The van der Waals surface area contributed by atoms with Gasteiger partial charge in [0.2, 0.25) is 0 Å². The highest BCUT2D eigenvalue weighted by Gasteiger charge is 2.43. The summed E-state index contributed by atoms with van der Waals surface area (Å²) >= 11 is 0. The van der Waals surface area contributed by atoms with Crippen molar-refractivity contribution in [2.24, 2.45) is 0 Å². The van der Waals surface area contributed by atoms with Crippen LogP contribution in [0.5, 0.6) is 0 Å². The molecule has 0 radical (unpaired) electrons. The van der Waals surface area contributed by atoms with E-state index in [4.69, 9.17) is 4.18 Å². The Kier molecular flexibility index (Phi) is 12.2.